The van der Waals surface area contributed by atoms with E-state index >= 15 is 0 Å². The molecule has 0 aromatic rings. The fourth-order valence-electron chi connectivity index (χ4n) is 6.69. The predicted octanol–water partition coefficient (Wildman–Crippen LogP) is 1.09. The third kappa shape index (κ3) is 0.296. The third-order valence-corrected chi connectivity index (χ3v) is 6.38. The topological polar surface area (TPSA) is 26.0 Å². The van der Waals surface area contributed by atoms with E-state index in [4.69, 9.17) is 5.73 Å². The van der Waals surface area contributed by atoms with Gasteiger partial charge in [-0.25, -0.2) is 0 Å². The van der Waals surface area contributed by atoms with Crippen molar-refractivity contribution in [3.8, 4) is 0 Å². The summed E-state index contributed by atoms with van der Waals surface area (Å²) in [6.45, 7) is 0. The van der Waals surface area contributed by atoms with E-state index in [9.17, 15) is 0 Å². The molecule has 0 heterocycles. The second-order valence-electron chi connectivity index (χ2n) is 6.01. The predicted molar refractivity (Wildman–Crippen MR) is 45.1 cm³/mol. The lowest BCUT2D eigenvalue weighted by Gasteiger charge is -2.33. The van der Waals surface area contributed by atoms with Crippen molar-refractivity contribution in [3.05, 3.63) is 0 Å². The number of rotatable bonds is 0. The van der Waals surface area contributed by atoms with Crippen molar-refractivity contribution < 1.29 is 0 Å². The van der Waals surface area contributed by atoms with Crippen LogP contribution >= 0.6 is 0 Å². The lowest BCUT2D eigenvalue weighted by molar-refractivity contribution is 0.132. The number of nitrogens with two attached hydrogens (primary N) is 1. The van der Waals surface area contributed by atoms with Crippen molar-refractivity contribution in [2.45, 2.75) is 18.9 Å². The highest BCUT2D eigenvalue weighted by molar-refractivity contribution is 5.28. The molecule has 6 saturated carbocycles. The summed E-state index contributed by atoms with van der Waals surface area (Å²) in [5.41, 5.74) is 6.34. The van der Waals surface area contributed by atoms with E-state index in [0.29, 0.717) is 6.04 Å². The van der Waals surface area contributed by atoms with E-state index in [-0.39, 0.29) is 0 Å². The summed E-state index contributed by atoms with van der Waals surface area (Å²) in [5.74, 6) is 8.84. The summed E-state index contributed by atoms with van der Waals surface area (Å²) in [6.07, 6.45) is 3.18. The molecule has 1 nitrogen and oxygen atoms in total. The standard InChI is InChI=1S/C11H15N/c12-11-9-5-1-3-4-2-6(7(3)9)10(11)8(4)5/h3-11H,1-2,12H2/t3-,4+,5+,6-,7+,8-,9+,10-,11?. The van der Waals surface area contributed by atoms with E-state index in [1.165, 1.54) is 11.8 Å². The summed E-state index contributed by atoms with van der Waals surface area (Å²) in [6, 6.07) is 0.646. The summed E-state index contributed by atoms with van der Waals surface area (Å²) >= 11 is 0. The Kier molecular flexibility index (Phi) is 0.609. The van der Waals surface area contributed by atoms with Gasteiger partial charge in [0.1, 0.15) is 0 Å². The Labute approximate surface area is 72.7 Å². The normalized spacial score (nSPS) is 85.2. The average molecular weight is 161 g/mol. The zero-order chi connectivity index (χ0) is 7.61. The van der Waals surface area contributed by atoms with Gasteiger partial charge in [-0.1, -0.05) is 0 Å². The van der Waals surface area contributed by atoms with E-state index in [1.807, 2.05) is 0 Å². The Balaban J connectivity index is 1.89. The van der Waals surface area contributed by atoms with Gasteiger partial charge in [-0.3, -0.25) is 0 Å². The smallest absolute Gasteiger partial charge is 0.0107 e. The van der Waals surface area contributed by atoms with Crippen LogP contribution < -0.4 is 5.73 Å². The second-order valence-corrected chi connectivity index (χ2v) is 6.01. The Hall–Kier alpha value is -0.0400. The number of hydrogen-bond donors (Lipinski definition) is 1. The molecule has 0 aromatic carbocycles. The molecular weight excluding hydrogens is 146 g/mol. The summed E-state index contributed by atoms with van der Waals surface area (Å²) in [4.78, 5) is 0. The fourth-order valence-corrected chi connectivity index (χ4v) is 6.69. The molecule has 6 aliphatic carbocycles. The summed E-state index contributed by atoms with van der Waals surface area (Å²) in [5, 5.41) is 0. The van der Waals surface area contributed by atoms with Gasteiger partial charge in [0, 0.05) is 6.04 Å². The van der Waals surface area contributed by atoms with Crippen LogP contribution in [-0.2, 0) is 0 Å². The van der Waals surface area contributed by atoms with Crippen molar-refractivity contribution in [1.82, 2.24) is 0 Å². The van der Waals surface area contributed by atoms with Crippen molar-refractivity contribution in [3.63, 3.8) is 0 Å². The molecule has 1 unspecified atom stereocenters. The minimum Gasteiger partial charge on any atom is -0.327 e. The van der Waals surface area contributed by atoms with Gasteiger partial charge in [0.05, 0.1) is 0 Å². The molecule has 1 heteroatoms. The van der Waals surface area contributed by atoms with Gasteiger partial charge in [-0.05, 0) is 60.2 Å². The van der Waals surface area contributed by atoms with Crippen LogP contribution in [0.2, 0.25) is 0 Å². The first-order valence-corrected chi connectivity index (χ1v) is 5.63. The first-order valence-electron chi connectivity index (χ1n) is 5.63. The zero-order valence-electron chi connectivity index (χ0n) is 7.19. The molecule has 12 heavy (non-hydrogen) atoms. The monoisotopic (exact) mass is 161 g/mol. The van der Waals surface area contributed by atoms with Crippen molar-refractivity contribution in [2.75, 3.05) is 0 Å². The highest BCUT2D eigenvalue weighted by Crippen LogP contribution is 2.82. The first-order chi connectivity index (χ1) is 5.88. The van der Waals surface area contributed by atoms with Crippen molar-refractivity contribution in [1.29, 1.82) is 0 Å². The van der Waals surface area contributed by atoms with E-state index in [0.717, 1.165) is 35.5 Å². The molecule has 6 rings (SSSR count). The van der Waals surface area contributed by atoms with Crippen LogP contribution in [0.3, 0.4) is 0 Å². The van der Waals surface area contributed by atoms with Crippen LogP contribution in [0.1, 0.15) is 12.8 Å². The van der Waals surface area contributed by atoms with Gasteiger partial charge in [-0.2, -0.15) is 0 Å². The summed E-state index contributed by atoms with van der Waals surface area (Å²) in [7, 11) is 0. The minimum atomic E-state index is 0.646. The highest BCUT2D eigenvalue weighted by atomic mass is 14.9. The molecule has 6 fully saturated rings. The Morgan fingerprint density at radius 3 is 1.67 bits per heavy atom. The molecule has 6 bridgehead atoms. The summed E-state index contributed by atoms with van der Waals surface area (Å²) < 4.78 is 0. The van der Waals surface area contributed by atoms with Gasteiger partial charge in [0.25, 0.3) is 0 Å². The zero-order valence-corrected chi connectivity index (χ0v) is 7.19. The molecular formula is C11H15N. The quantitative estimate of drug-likeness (QED) is 0.565. The largest absolute Gasteiger partial charge is 0.327 e. The maximum atomic E-state index is 6.34. The fraction of sp³-hybridized carbons (Fsp3) is 1.00. The Morgan fingerprint density at radius 1 is 0.667 bits per heavy atom. The van der Waals surface area contributed by atoms with Crippen LogP contribution in [0.4, 0.5) is 0 Å². The average Bonchev–Trinajstić information content (AvgIpc) is 2.68. The molecule has 64 valence electrons. The molecule has 0 saturated heterocycles. The van der Waals surface area contributed by atoms with Gasteiger partial charge in [0.2, 0.25) is 0 Å². The molecule has 9 atom stereocenters. The SMILES string of the molecule is NC1[C@@H]2[C@@H]3C[C@H]4[C@H]5C[C@H]([C@H]1[C@@H]53)[C@@H]42. The minimum absolute atomic E-state index is 0.646. The number of hydrogen-bond acceptors (Lipinski definition) is 1. The van der Waals surface area contributed by atoms with E-state index in [1.54, 1.807) is 12.8 Å². The van der Waals surface area contributed by atoms with Crippen LogP contribution in [-0.4, -0.2) is 6.04 Å². The lowest BCUT2D eigenvalue weighted by atomic mass is 9.71. The van der Waals surface area contributed by atoms with Crippen LogP contribution in [0.5, 0.6) is 0 Å². The lowest BCUT2D eigenvalue weighted by Crippen LogP contribution is -2.30. The van der Waals surface area contributed by atoms with Crippen LogP contribution in [0.25, 0.3) is 0 Å². The Morgan fingerprint density at radius 2 is 1.17 bits per heavy atom. The molecule has 6 aliphatic rings. The van der Waals surface area contributed by atoms with Crippen LogP contribution in [0, 0.1) is 47.3 Å². The van der Waals surface area contributed by atoms with Gasteiger partial charge in [-0.15, -0.1) is 0 Å². The molecule has 0 radical (unpaired) electrons. The van der Waals surface area contributed by atoms with Gasteiger partial charge >= 0.3 is 0 Å². The third-order valence-electron chi connectivity index (χ3n) is 6.38. The Bertz CT molecular complexity index is 251. The second kappa shape index (κ2) is 1.30. The van der Waals surface area contributed by atoms with E-state index < -0.39 is 0 Å². The molecule has 0 amide bonds. The maximum absolute atomic E-state index is 6.34. The molecule has 0 aliphatic heterocycles. The maximum Gasteiger partial charge on any atom is 0.0107 e. The first kappa shape index (κ1) is 5.64. The van der Waals surface area contributed by atoms with Crippen LogP contribution in [0.15, 0.2) is 0 Å². The van der Waals surface area contributed by atoms with Crippen molar-refractivity contribution in [2.24, 2.45) is 53.1 Å². The molecule has 0 aromatic heterocycles. The molecule has 0 spiro atoms. The highest BCUT2D eigenvalue weighted by Gasteiger charge is 2.79. The van der Waals surface area contributed by atoms with Gasteiger partial charge < -0.3 is 5.73 Å². The van der Waals surface area contributed by atoms with Crippen molar-refractivity contribution >= 4 is 0 Å². The molecule has 2 N–H and O–H groups in total. The van der Waals surface area contributed by atoms with Gasteiger partial charge in [0.15, 0.2) is 0 Å². The van der Waals surface area contributed by atoms with E-state index in [2.05, 4.69) is 0 Å².